The summed E-state index contributed by atoms with van der Waals surface area (Å²) >= 11 is 0. The Labute approximate surface area is 189 Å². The molecule has 0 fully saturated rings. The van der Waals surface area contributed by atoms with Crippen molar-refractivity contribution in [1.82, 2.24) is 9.97 Å². The molecule has 7 heteroatoms. The first kappa shape index (κ1) is 21.3. The van der Waals surface area contributed by atoms with Crippen molar-refractivity contribution >= 4 is 11.6 Å². The van der Waals surface area contributed by atoms with E-state index in [2.05, 4.69) is 16.4 Å². The summed E-state index contributed by atoms with van der Waals surface area (Å²) in [5.41, 5.74) is 5.14. The molecule has 5 rings (SSSR count). The second-order valence-electron chi connectivity index (χ2n) is 8.22. The number of aliphatic hydroxyl groups excluding tert-OH is 1. The molecule has 1 aliphatic rings. The summed E-state index contributed by atoms with van der Waals surface area (Å²) in [5.74, 6) is 0.484. The molecule has 4 nitrogen and oxygen atoms in total. The third kappa shape index (κ3) is 4.36. The quantitative estimate of drug-likeness (QED) is 0.340. The zero-order valence-electron chi connectivity index (χ0n) is 17.7. The molecule has 0 spiro atoms. The highest BCUT2D eigenvalue weighted by Gasteiger charge is 2.30. The zero-order valence-corrected chi connectivity index (χ0v) is 17.7. The summed E-state index contributed by atoms with van der Waals surface area (Å²) in [6, 6.07) is 20.5. The minimum atomic E-state index is -4.39. The van der Waals surface area contributed by atoms with Crippen LogP contribution in [0.1, 0.15) is 23.1 Å². The molecule has 0 unspecified atom stereocenters. The van der Waals surface area contributed by atoms with Gasteiger partial charge in [-0.15, -0.1) is 0 Å². The molecule has 1 atom stereocenters. The highest BCUT2D eigenvalue weighted by Crippen LogP contribution is 2.36. The molecule has 0 amide bonds. The molecule has 1 aromatic heterocycles. The average molecular weight is 449 g/mol. The Kier molecular flexibility index (Phi) is 5.42. The number of aromatic amines is 1. The number of anilines is 2. The van der Waals surface area contributed by atoms with E-state index in [9.17, 15) is 18.3 Å². The van der Waals surface area contributed by atoms with Gasteiger partial charge < -0.3 is 15.4 Å². The lowest BCUT2D eigenvalue weighted by Crippen LogP contribution is -2.19. The van der Waals surface area contributed by atoms with E-state index in [1.165, 1.54) is 17.7 Å². The molecule has 1 heterocycles. The van der Waals surface area contributed by atoms with E-state index in [0.717, 1.165) is 41.8 Å². The number of alkyl halides is 3. The number of nitrogens with one attached hydrogen (secondary N) is 2. The summed E-state index contributed by atoms with van der Waals surface area (Å²) < 4.78 is 39.1. The van der Waals surface area contributed by atoms with Gasteiger partial charge in [0.2, 0.25) is 5.95 Å². The minimum Gasteiger partial charge on any atom is -0.393 e. The van der Waals surface area contributed by atoms with Crippen LogP contribution in [0, 0.1) is 0 Å². The molecule has 33 heavy (non-hydrogen) atoms. The highest BCUT2D eigenvalue weighted by molar-refractivity contribution is 5.81. The molecule has 0 saturated carbocycles. The maximum absolute atomic E-state index is 13.0. The van der Waals surface area contributed by atoms with E-state index in [4.69, 9.17) is 4.98 Å². The van der Waals surface area contributed by atoms with Crippen LogP contribution in [0.25, 0.3) is 22.5 Å². The van der Waals surface area contributed by atoms with E-state index in [1.807, 2.05) is 42.5 Å². The molecule has 0 radical (unpaired) electrons. The second kappa shape index (κ2) is 8.41. The Morgan fingerprint density at radius 3 is 2.39 bits per heavy atom. The molecule has 1 aliphatic carbocycles. The van der Waals surface area contributed by atoms with Crippen molar-refractivity contribution in [3.8, 4) is 22.5 Å². The fourth-order valence-electron chi connectivity index (χ4n) is 4.29. The molecular formula is C26H22F3N3O. The number of rotatable bonds is 4. The SMILES string of the molecule is O[C@H]1CCc2cccc(Nc3nc(-c4ccccc4)c(-c4ccc(C(F)(F)F)cc4)[nH]3)c2C1. The molecule has 3 aromatic carbocycles. The third-order valence-corrected chi connectivity index (χ3v) is 5.96. The van der Waals surface area contributed by atoms with Crippen LogP contribution in [-0.4, -0.2) is 21.2 Å². The maximum Gasteiger partial charge on any atom is 0.416 e. The predicted molar refractivity (Wildman–Crippen MR) is 122 cm³/mol. The Balaban J connectivity index is 1.55. The number of hydrogen-bond acceptors (Lipinski definition) is 3. The van der Waals surface area contributed by atoms with Crippen molar-refractivity contribution in [3.63, 3.8) is 0 Å². The first-order valence-corrected chi connectivity index (χ1v) is 10.8. The smallest absolute Gasteiger partial charge is 0.393 e. The van der Waals surface area contributed by atoms with Crippen LogP contribution in [0.3, 0.4) is 0 Å². The maximum atomic E-state index is 13.0. The fourth-order valence-corrected chi connectivity index (χ4v) is 4.29. The summed E-state index contributed by atoms with van der Waals surface area (Å²) in [4.78, 5) is 8.00. The van der Waals surface area contributed by atoms with Crippen molar-refractivity contribution in [2.45, 2.75) is 31.5 Å². The van der Waals surface area contributed by atoms with Crippen molar-refractivity contribution in [3.05, 3.63) is 89.5 Å². The lowest BCUT2D eigenvalue weighted by molar-refractivity contribution is -0.137. The number of hydrogen-bond donors (Lipinski definition) is 3. The van der Waals surface area contributed by atoms with E-state index in [0.29, 0.717) is 29.3 Å². The van der Waals surface area contributed by atoms with Crippen LogP contribution in [-0.2, 0) is 19.0 Å². The van der Waals surface area contributed by atoms with Gasteiger partial charge in [0.15, 0.2) is 0 Å². The van der Waals surface area contributed by atoms with Crippen molar-refractivity contribution in [2.24, 2.45) is 0 Å². The van der Waals surface area contributed by atoms with Gasteiger partial charge in [0.1, 0.15) is 0 Å². The first-order chi connectivity index (χ1) is 15.9. The molecule has 0 saturated heterocycles. The molecule has 4 aromatic rings. The Morgan fingerprint density at radius 2 is 1.67 bits per heavy atom. The van der Waals surface area contributed by atoms with Crippen LogP contribution in [0.2, 0.25) is 0 Å². The summed E-state index contributed by atoms with van der Waals surface area (Å²) in [6.07, 6.45) is -2.64. The standard InChI is InChI=1S/C26H22F3N3O/c27-26(28,29)19-12-9-18(10-13-19)24-23(17-5-2-1-3-6-17)31-25(32-24)30-22-8-4-7-16-11-14-20(33)15-21(16)22/h1-10,12-13,20,33H,11,14-15H2,(H2,30,31,32)/t20-/m0/s1. The van der Waals surface area contributed by atoms with Crippen molar-refractivity contribution in [1.29, 1.82) is 0 Å². The van der Waals surface area contributed by atoms with Gasteiger partial charge in [-0.2, -0.15) is 13.2 Å². The molecule has 0 bridgehead atoms. The van der Waals surface area contributed by atoms with Crippen molar-refractivity contribution in [2.75, 3.05) is 5.32 Å². The molecule has 3 N–H and O–H groups in total. The van der Waals surface area contributed by atoms with E-state index in [1.54, 1.807) is 0 Å². The zero-order chi connectivity index (χ0) is 23.0. The second-order valence-corrected chi connectivity index (χ2v) is 8.22. The van der Waals surface area contributed by atoms with Gasteiger partial charge >= 0.3 is 6.18 Å². The normalized spacial score (nSPS) is 15.8. The van der Waals surface area contributed by atoms with Crippen molar-refractivity contribution < 1.29 is 18.3 Å². The lowest BCUT2D eigenvalue weighted by Gasteiger charge is -2.23. The number of H-pyrrole nitrogens is 1. The number of nitrogens with zero attached hydrogens (tertiary/aromatic N) is 1. The van der Waals surface area contributed by atoms with Gasteiger partial charge in [-0.25, -0.2) is 4.98 Å². The number of aromatic nitrogens is 2. The van der Waals surface area contributed by atoms with E-state index < -0.39 is 11.7 Å². The van der Waals surface area contributed by atoms with Crippen LogP contribution >= 0.6 is 0 Å². The first-order valence-electron chi connectivity index (χ1n) is 10.8. The minimum absolute atomic E-state index is 0.375. The van der Waals surface area contributed by atoms with Crippen LogP contribution < -0.4 is 5.32 Å². The number of aliphatic hydroxyl groups is 1. The number of benzene rings is 3. The predicted octanol–water partition coefficient (Wildman–Crippen LogP) is 6.36. The lowest BCUT2D eigenvalue weighted by atomic mass is 9.88. The Hall–Kier alpha value is -3.58. The fraction of sp³-hybridized carbons (Fsp3) is 0.192. The average Bonchev–Trinajstić information content (AvgIpc) is 3.23. The Bertz CT molecular complexity index is 1260. The van der Waals surface area contributed by atoms with Gasteiger partial charge in [0, 0.05) is 23.2 Å². The summed E-state index contributed by atoms with van der Waals surface area (Å²) in [6.45, 7) is 0. The monoisotopic (exact) mass is 449 g/mol. The number of fused-ring (bicyclic) bond motifs is 1. The van der Waals surface area contributed by atoms with Crippen LogP contribution in [0.5, 0.6) is 0 Å². The van der Waals surface area contributed by atoms with Crippen LogP contribution in [0.15, 0.2) is 72.8 Å². The third-order valence-electron chi connectivity index (χ3n) is 5.96. The number of aryl methyl sites for hydroxylation is 1. The van der Waals surface area contributed by atoms with Gasteiger partial charge in [-0.3, -0.25) is 0 Å². The summed E-state index contributed by atoms with van der Waals surface area (Å²) in [7, 11) is 0. The van der Waals surface area contributed by atoms with Crippen LogP contribution in [0.4, 0.5) is 24.8 Å². The number of halogens is 3. The summed E-state index contributed by atoms with van der Waals surface area (Å²) in [5, 5.41) is 13.5. The molecular weight excluding hydrogens is 427 g/mol. The number of imidazole rings is 1. The van der Waals surface area contributed by atoms with Gasteiger partial charge in [-0.1, -0.05) is 54.6 Å². The Morgan fingerprint density at radius 1 is 0.909 bits per heavy atom. The topological polar surface area (TPSA) is 60.9 Å². The molecule has 168 valence electrons. The largest absolute Gasteiger partial charge is 0.416 e. The van der Waals surface area contributed by atoms with E-state index >= 15 is 0 Å². The van der Waals surface area contributed by atoms with E-state index in [-0.39, 0.29) is 6.10 Å². The molecule has 0 aliphatic heterocycles. The highest BCUT2D eigenvalue weighted by atomic mass is 19.4. The van der Waals surface area contributed by atoms with Gasteiger partial charge in [-0.05, 0) is 42.2 Å². The van der Waals surface area contributed by atoms with Gasteiger partial charge in [0.05, 0.1) is 23.1 Å². The van der Waals surface area contributed by atoms with Gasteiger partial charge in [0.25, 0.3) is 0 Å².